The van der Waals surface area contributed by atoms with E-state index < -0.39 is 0 Å². The van der Waals surface area contributed by atoms with Gasteiger partial charge >= 0.3 is 6.29 Å². The van der Waals surface area contributed by atoms with Crippen LogP contribution >= 0.6 is 0 Å². The first-order valence-corrected chi connectivity index (χ1v) is 9.06. The topological polar surface area (TPSA) is 64.0 Å². The second-order valence-corrected chi connectivity index (χ2v) is 6.36. The van der Waals surface area contributed by atoms with E-state index in [4.69, 9.17) is 5.10 Å². The van der Waals surface area contributed by atoms with Gasteiger partial charge in [0.1, 0.15) is 5.69 Å². The molecule has 1 heterocycles. The molecule has 136 valence electrons. The van der Waals surface area contributed by atoms with E-state index in [1.165, 1.54) is 0 Å². The van der Waals surface area contributed by atoms with E-state index in [1.54, 1.807) is 24.3 Å². The van der Waals surface area contributed by atoms with E-state index >= 15 is 0 Å². The minimum Gasteiger partial charge on any atom is -0.352 e. The molecule has 1 aromatic heterocycles. The van der Waals surface area contributed by atoms with Crippen LogP contribution in [0.2, 0.25) is 0 Å². The van der Waals surface area contributed by atoms with Crippen LogP contribution in [-0.2, 0) is 4.79 Å². The molecule has 0 radical (unpaired) electrons. The van der Waals surface area contributed by atoms with Crippen LogP contribution in [0.3, 0.4) is 0 Å². The number of carbonyl (C=O) groups excluding carboxylic acids is 2. The van der Waals surface area contributed by atoms with Crippen LogP contribution in [0.25, 0.3) is 27.8 Å². The number of hydrogen-bond acceptors (Lipinski definition) is 3. The van der Waals surface area contributed by atoms with Gasteiger partial charge in [-0.1, -0.05) is 18.2 Å². The number of rotatable bonds is 5. The predicted octanol–water partition coefficient (Wildman–Crippen LogP) is 3.90. The van der Waals surface area contributed by atoms with Crippen molar-refractivity contribution in [2.24, 2.45) is 0 Å². The van der Waals surface area contributed by atoms with Gasteiger partial charge in [0.05, 0.1) is 23.3 Å². The van der Waals surface area contributed by atoms with Gasteiger partial charge in [0.2, 0.25) is 5.56 Å². The number of para-hydroxylation sites is 1. The van der Waals surface area contributed by atoms with Crippen molar-refractivity contribution in [1.82, 2.24) is 15.1 Å². The second-order valence-electron chi connectivity index (χ2n) is 6.36. The smallest absolute Gasteiger partial charge is 0.303 e. The summed E-state index contributed by atoms with van der Waals surface area (Å²) >= 11 is 0. The van der Waals surface area contributed by atoms with Crippen molar-refractivity contribution in [3.05, 3.63) is 83.9 Å². The fourth-order valence-electron chi connectivity index (χ4n) is 3.19. The molecule has 0 fully saturated rings. The van der Waals surface area contributed by atoms with Crippen LogP contribution < -0.4 is 5.32 Å². The number of nitrogens with zero attached hydrogens (tertiary/aromatic N) is 2. The molecule has 0 bridgehead atoms. The summed E-state index contributed by atoms with van der Waals surface area (Å²) in [5.74, 6) is -0.0906. The minimum absolute atomic E-state index is 0.0906. The van der Waals surface area contributed by atoms with Crippen LogP contribution in [0.15, 0.2) is 72.8 Å². The molecule has 0 aliphatic rings. The van der Waals surface area contributed by atoms with Crippen molar-refractivity contribution in [2.45, 2.75) is 6.92 Å². The zero-order valence-electron chi connectivity index (χ0n) is 15.3. The van der Waals surface area contributed by atoms with Gasteiger partial charge in [-0.15, -0.1) is 4.79 Å². The van der Waals surface area contributed by atoms with Gasteiger partial charge in [-0.2, -0.15) is 5.10 Å². The fraction of sp³-hybridized carbons (Fsp3) is 0.0870. The monoisotopic (exact) mass is 368 g/mol. The molecule has 5 heteroatoms. The first kappa shape index (κ1) is 17.6. The van der Waals surface area contributed by atoms with Crippen molar-refractivity contribution in [2.75, 3.05) is 6.54 Å². The molecule has 0 saturated heterocycles. The fourth-order valence-corrected chi connectivity index (χ4v) is 3.19. The van der Waals surface area contributed by atoms with E-state index in [0.29, 0.717) is 17.7 Å². The lowest BCUT2D eigenvalue weighted by molar-refractivity contribution is 0.0956. The summed E-state index contributed by atoms with van der Waals surface area (Å²) < 4.78 is 1.87. The highest BCUT2D eigenvalue weighted by molar-refractivity contribution is 5.96. The number of aromatic nitrogens is 2. The first-order chi connectivity index (χ1) is 13.7. The molecule has 0 aliphatic heterocycles. The van der Waals surface area contributed by atoms with Gasteiger partial charge in [-0.25, -0.2) is 4.68 Å². The van der Waals surface area contributed by atoms with Crippen LogP contribution in [0.5, 0.6) is 0 Å². The largest absolute Gasteiger partial charge is 0.352 e. The highest BCUT2D eigenvalue weighted by Crippen LogP contribution is 2.30. The molecule has 4 rings (SSSR count). The Balaban J connectivity index is 1.79. The Morgan fingerprint density at radius 1 is 1.00 bits per heavy atom. The zero-order chi connectivity index (χ0) is 19.5. The van der Waals surface area contributed by atoms with E-state index in [0.717, 1.165) is 27.8 Å². The molecular formula is C23H18N3O2+. The molecule has 0 saturated carbocycles. The number of carbonyl (C=O) groups is 1. The van der Waals surface area contributed by atoms with E-state index in [-0.39, 0.29) is 5.91 Å². The lowest BCUT2D eigenvalue weighted by atomic mass is 10.1. The van der Waals surface area contributed by atoms with Gasteiger partial charge in [0, 0.05) is 35.2 Å². The average Bonchev–Trinajstić information content (AvgIpc) is 3.14. The maximum absolute atomic E-state index is 12.0. The lowest BCUT2D eigenvalue weighted by Crippen LogP contribution is -2.22. The molecule has 4 aromatic rings. The lowest BCUT2D eigenvalue weighted by Gasteiger charge is -2.06. The molecule has 3 aromatic carbocycles. The molecule has 28 heavy (non-hydrogen) atoms. The summed E-state index contributed by atoms with van der Waals surface area (Å²) in [6.45, 7) is 2.48. The summed E-state index contributed by atoms with van der Waals surface area (Å²) in [6, 6.07) is 22.6. The van der Waals surface area contributed by atoms with E-state index in [2.05, 4.69) is 5.32 Å². The zero-order valence-corrected chi connectivity index (χ0v) is 15.3. The summed E-state index contributed by atoms with van der Waals surface area (Å²) in [5, 5.41) is 8.62. The van der Waals surface area contributed by atoms with Crippen molar-refractivity contribution < 1.29 is 9.59 Å². The minimum atomic E-state index is -0.0906. The number of hydrogen-bond donors (Lipinski definition) is 1. The number of benzene rings is 3. The molecule has 0 aliphatic carbocycles. The third-order valence-electron chi connectivity index (χ3n) is 4.57. The SMILES string of the molecule is CCNC(=O)c1ccc(-n2nc(-c3ccc([C+]=O)cc3)c3ccccc32)cc1. The van der Waals surface area contributed by atoms with Crippen molar-refractivity contribution in [3.8, 4) is 16.9 Å². The Hall–Kier alpha value is -3.82. The van der Waals surface area contributed by atoms with Crippen LogP contribution in [0, 0.1) is 0 Å². The Labute approximate surface area is 162 Å². The summed E-state index contributed by atoms with van der Waals surface area (Å²) in [6.07, 6.45) is 1.89. The third-order valence-corrected chi connectivity index (χ3v) is 4.57. The number of amides is 1. The van der Waals surface area contributed by atoms with Gasteiger partial charge in [0.25, 0.3) is 5.91 Å². The van der Waals surface area contributed by atoms with Gasteiger partial charge in [-0.3, -0.25) is 4.79 Å². The van der Waals surface area contributed by atoms with Gasteiger partial charge in [0.15, 0.2) is 0 Å². The molecule has 5 nitrogen and oxygen atoms in total. The van der Waals surface area contributed by atoms with Gasteiger partial charge in [-0.05, 0) is 37.3 Å². The number of fused-ring (bicyclic) bond motifs is 1. The van der Waals surface area contributed by atoms with Crippen LogP contribution in [0.1, 0.15) is 22.8 Å². The van der Waals surface area contributed by atoms with Crippen LogP contribution in [-0.4, -0.2) is 28.5 Å². The third kappa shape index (κ3) is 3.15. The highest BCUT2D eigenvalue weighted by Gasteiger charge is 2.15. The van der Waals surface area contributed by atoms with E-state index in [9.17, 15) is 9.59 Å². The highest BCUT2D eigenvalue weighted by atomic mass is 16.1. The summed E-state index contributed by atoms with van der Waals surface area (Å²) in [5.41, 5.74) is 4.72. The maximum atomic E-state index is 12.0. The summed E-state index contributed by atoms with van der Waals surface area (Å²) in [7, 11) is 0. The maximum Gasteiger partial charge on any atom is 0.303 e. The quantitative estimate of drug-likeness (QED) is 0.544. The first-order valence-electron chi connectivity index (χ1n) is 9.06. The molecule has 0 spiro atoms. The predicted molar refractivity (Wildman–Crippen MR) is 109 cm³/mol. The molecule has 1 amide bonds. The second kappa shape index (κ2) is 7.43. The molecular weight excluding hydrogens is 350 g/mol. The van der Waals surface area contributed by atoms with Gasteiger partial charge < -0.3 is 5.32 Å². The van der Waals surface area contributed by atoms with Crippen molar-refractivity contribution in [1.29, 1.82) is 0 Å². The molecule has 0 atom stereocenters. The molecule has 1 N–H and O–H groups in total. The van der Waals surface area contributed by atoms with Crippen molar-refractivity contribution in [3.63, 3.8) is 0 Å². The average molecular weight is 368 g/mol. The Morgan fingerprint density at radius 3 is 2.39 bits per heavy atom. The summed E-state index contributed by atoms with van der Waals surface area (Å²) in [4.78, 5) is 22.8. The Kier molecular flexibility index (Phi) is 4.67. The number of nitrogens with one attached hydrogen (secondary N) is 1. The Morgan fingerprint density at radius 2 is 1.71 bits per heavy atom. The normalized spacial score (nSPS) is 10.6. The Bertz CT molecular complexity index is 1140. The standard InChI is InChI=1S/C23H17N3O2/c1-2-24-23(28)18-11-13-19(14-12-18)26-21-6-4-3-5-20(21)22(25-26)17-9-7-16(15-27)8-10-17/h3-14H,2H2,1H3/p+1. The van der Waals surface area contributed by atoms with Crippen molar-refractivity contribution >= 4 is 23.1 Å². The van der Waals surface area contributed by atoms with Crippen LogP contribution in [0.4, 0.5) is 0 Å². The molecule has 0 unspecified atom stereocenters. The van der Waals surface area contributed by atoms with E-state index in [1.807, 2.05) is 66.4 Å².